The van der Waals surface area contributed by atoms with E-state index < -0.39 is 0 Å². The van der Waals surface area contributed by atoms with Gasteiger partial charge in [-0.1, -0.05) is 13.0 Å². The van der Waals surface area contributed by atoms with Gasteiger partial charge in [-0.3, -0.25) is 0 Å². The van der Waals surface area contributed by atoms with E-state index in [1.165, 1.54) is 11.1 Å². The molecule has 0 fully saturated rings. The number of benzene rings is 1. The number of aliphatic hydroxyl groups excluding tert-OH is 1. The monoisotopic (exact) mass is 236 g/mol. The van der Waals surface area contributed by atoms with Crippen molar-refractivity contribution < 1.29 is 14.6 Å². The summed E-state index contributed by atoms with van der Waals surface area (Å²) >= 11 is 0. The highest BCUT2D eigenvalue weighted by Gasteiger charge is 2.23. The van der Waals surface area contributed by atoms with Crippen molar-refractivity contribution in [1.29, 1.82) is 0 Å². The molecule has 2 rings (SSSR count). The standard InChI is InChI=1S/C14H20O3/c1-3-11-9-16-13-7-6-10(2)12(5-4-8-15)14(13)17-11/h6-7,11,15H,3-5,8-9H2,1-2H3. The first-order valence-corrected chi connectivity index (χ1v) is 6.29. The summed E-state index contributed by atoms with van der Waals surface area (Å²) in [6.07, 6.45) is 2.70. The predicted molar refractivity (Wildman–Crippen MR) is 66.8 cm³/mol. The minimum absolute atomic E-state index is 0.150. The molecule has 1 aromatic carbocycles. The summed E-state index contributed by atoms with van der Waals surface area (Å²) in [5.74, 6) is 1.73. The summed E-state index contributed by atoms with van der Waals surface area (Å²) in [5, 5.41) is 8.95. The second kappa shape index (κ2) is 5.41. The average Bonchev–Trinajstić information content (AvgIpc) is 2.37. The van der Waals surface area contributed by atoms with Crippen LogP contribution in [0, 0.1) is 6.92 Å². The summed E-state index contributed by atoms with van der Waals surface area (Å²) in [4.78, 5) is 0. The lowest BCUT2D eigenvalue weighted by atomic mass is 10.0. The minimum atomic E-state index is 0.150. The highest BCUT2D eigenvalue weighted by atomic mass is 16.6. The Morgan fingerprint density at radius 3 is 2.94 bits per heavy atom. The summed E-state index contributed by atoms with van der Waals surface area (Å²) in [6.45, 7) is 5.02. The molecule has 0 radical (unpaired) electrons. The van der Waals surface area contributed by atoms with Gasteiger partial charge in [0.1, 0.15) is 12.7 Å². The predicted octanol–water partition coefficient (Wildman–Crippen LogP) is 2.47. The molecule has 0 aromatic heterocycles. The fourth-order valence-corrected chi connectivity index (χ4v) is 2.10. The van der Waals surface area contributed by atoms with Crippen molar-refractivity contribution in [2.75, 3.05) is 13.2 Å². The van der Waals surface area contributed by atoms with Crippen LogP contribution >= 0.6 is 0 Å². The lowest BCUT2D eigenvalue weighted by Gasteiger charge is -2.28. The van der Waals surface area contributed by atoms with E-state index in [1.54, 1.807) is 0 Å². The Balaban J connectivity index is 2.30. The maximum absolute atomic E-state index is 8.95. The Kier molecular flexibility index (Phi) is 3.89. The number of hydrogen-bond donors (Lipinski definition) is 1. The second-order valence-corrected chi connectivity index (χ2v) is 4.47. The SMILES string of the molecule is CCC1COc2ccc(C)c(CCCO)c2O1. The topological polar surface area (TPSA) is 38.7 Å². The van der Waals surface area contributed by atoms with E-state index in [4.69, 9.17) is 14.6 Å². The van der Waals surface area contributed by atoms with Crippen LogP contribution in [-0.2, 0) is 6.42 Å². The van der Waals surface area contributed by atoms with Crippen LogP contribution in [0.2, 0.25) is 0 Å². The lowest BCUT2D eigenvalue weighted by molar-refractivity contribution is 0.0869. The highest BCUT2D eigenvalue weighted by molar-refractivity contribution is 5.51. The molecule has 17 heavy (non-hydrogen) atoms. The van der Waals surface area contributed by atoms with Gasteiger partial charge in [0, 0.05) is 12.2 Å². The first-order valence-electron chi connectivity index (χ1n) is 6.29. The van der Waals surface area contributed by atoms with Crippen LogP contribution in [0.1, 0.15) is 30.9 Å². The molecular weight excluding hydrogens is 216 g/mol. The van der Waals surface area contributed by atoms with Crippen LogP contribution in [0.3, 0.4) is 0 Å². The van der Waals surface area contributed by atoms with Gasteiger partial charge in [-0.05, 0) is 37.8 Å². The van der Waals surface area contributed by atoms with Crippen LogP contribution < -0.4 is 9.47 Å². The Morgan fingerprint density at radius 1 is 1.41 bits per heavy atom. The molecule has 0 aliphatic carbocycles. The number of hydrogen-bond acceptors (Lipinski definition) is 3. The summed E-state index contributed by atoms with van der Waals surface area (Å²) < 4.78 is 11.7. The molecule has 1 aliphatic heterocycles. The normalized spacial score (nSPS) is 18.2. The largest absolute Gasteiger partial charge is 0.486 e. The molecule has 1 heterocycles. The molecular formula is C14H20O3. The van der Waals surface area contributed by atoms with Crippen molar-refractivity contribution in [3.63, 3.8) is 0 Å². The summed E-state index contributed by atoms with van der Waals surface area (Å²) in [7, 11) is 0. The van der Waals surface area contributed by atoms with Crippen molar-refractivity contribution in [3.8, 4) is 11.5 Å². The van der Waals surface area contributed by atoms with Gasteiger partial charge >= 0.3 is 0 Å². The fourth-order valence-electron chi connectivity index (χ4n) is 2.10. The molecule has 0 spiro atoms. The van der Waals surface area contributed by atoms with E-state index in [0.29, 0.717) is 6.61 Å². The van der Waals surface area contributed by atoms with Crippen LogP contribution in [-0.4, -0.2) is 24.4 Å². The molecule has 1 atom stereocenters. The molecule has 0 amide bonds. The molecule has 3 heteroatoms. The van der Waals surface area contributed by atoms with Gasteiger partial charge in [-0.2, -0.15) is 0 Å². The Morgan fingerprint density at radius 2 is 2.24 bits per heavy atom. The van der Waals surface area contributed by atoms with Gasteiger partial charge < -0.3 is 14.6 Å². The van der Waals surface area contributed by atoms with Gasteiger partial charge in [0.25, 0.3) is 0 Å². The molecule has 94 valence electrons. The van der Waals surface area contributed by atoms with E-state index in [9.17, 15) is 0 Å². The summed E-state index contributed by atoms with van der Waals surface area (Å²) in [5.41, 5.74) is 2.38. The van der Waals surface area contributed by atoms with Crippen LogP contribution in [0.25, 0.3) is 0 Å². The maximum atomic E-state index is 8.95. The minimum Gasteiger partial charge on any atom is -0.486 e. The lowest BCUT2D eigenvalue weighted by Crippen LogP contribution is -2.29. The third-order valence-corrected chi connectivity index (χ3v) is 3.21. The third kappa shape index (κ3) is 2.55. The van der Waals surface area contributed by atoms with Gasteiger partial charge in [0.05, 0.1) is 0 Å². The third-order valence-electron chi connectivity index (χ3n) is 3.21. The molecule has 1 N–H and O–H groups in total. The van der Waals surface area contributed by atoms with E-state index in [0.717, 1.165) is 30.8 Å². The number of fused-ring (bicyclic) bond motifs is 1. The zero-order valence-corrected chi connectivity index (χ0v) is 10.5. The van der Waals surface area contributed by atoms with Crippen molar-refractivity contribution in [3.05, 3.63) is 23.3 Å². The quantitative estimate of drug-likeness (QED) is 0.872. The Bertz CT molecular complexity index is 387. The first-order chi connectivity index (χ1) is 8.26. The van der Waals surface area contributed by atoms with Gasteiger partial charge in [0.2, 0.25) is 0 Å². The molecule has 0 saturated carbocycles. The number of ether oxygens (including phenoxy) is 2. The molecule has 1 unspecified atom stereocenters. The zero-order chi connectivity index (χ0) is 12.3. The van der Waals surface area contributed by atoms with Crippen LogP contribution in [0.4, 0.5) is 0 Å². The first kappa shape index (κ1) is 12.2. The van der Waals surface area contributed by atoms with Crippen molar-refractivity contribution >= 4 is 0 Å². The molecule has 1 aromatic rings. The van der Waals surface area contributed by atoms with Gasteiger partial charge in [0.15, 0.2) is 11.5 Å². The van der Waals surface area contributed by atoms with Crippen molar-refractivity contribution in [2.45, 2.75) is 39.2 Å². The molecule has 3 nitrogen and oxygen atoms in total. The highest BCUT2D eigenvalue weighted by Crippen LogP contribution is 2.38. The fraction of sp³-hybridized carbons (Fsp3) is 0.571. The van der Waals surface area contributed by atoms with Crippen molar-refractivity contribution in [1.82, 2.24) is 0 Å². The molecule has 0 saturated heterocycles. The number of rotatable bonds is 4. The number of aryl methyl sites for hydroxylation is 1. The Hall–Kier alpha value is -1.22. The van der Waals surface area contributed by atoms with Crippen LogP contribution in [0.5, 0.6) is 11.5 Å². The van der Waals surface area contributed by atoms with E-state index in [-0.39, 0.29) is 12.7 Å². The average molecular weight is 236 g/mol. The zero-order valence-electron chi connectivity index (χ0n) is 10.5. The van der Waals surface area contributed by atoms with Gasteiger partial charge in [-0.15, -0.1) is 0 Å². The number of aliphatic hydroxyl groups is 1. The molecule has 1 aliphatic rings. The second-order valence-electron chi connectivity index (χ2n) is 4.47. The Labute approximate surface area is 102 Å². The maximum Gasteiger partial charge on any atom is 0.165 e. The smallest absolute Gasteiger partial charge is 0.165 e. The van der Waals surface area contributed by atoms with Crippen LogP contribution in [0.15, 0.2) is 12.1 Å². The van der Waals surface area contributed by atoms with Gasteiger partial charge in [-0.25, -0.2) is 0 Å². The van der Waals surface area contributed by atoms with E-state index in [2.05, 4.69) is 19.9 Å². The van der Waals surface area contributed by atoms with E-state index in [1.807, 2.05) is 6.07 Å². The summed E-state index contributed by atoms with van der Waals surface area (Å²) in [6, 6.07) is 4.03. The van der Waals surface area contributed by atoms with E-state index >= 15 is 0 Å². The van der Waals surface area contributed by atoms with Crippen molar-refractivity contribution in [2.24, 2.45) is 0 Å². The molecule has 0 bridgehead atoms.